The summed E-state index contributed by atoms with van der Waals surface area (Å²) in [7, 11) is -9.99. The van der Waals surface area contributed by atoms with E-state index in [0.29, 0.717) is 32.1 Å². The fourth-order valence-electron chi connectivity index (χ4n) is 10.4. The Morgan fingerprint density at radius 1 is 0.279 bits per heavy atom. The summed E-state index contributed by atoms with van der Waals surface area (Å²) in [5, 5.41) is 10.6. The molecule has 3 N–H and O–H groups in total. The Labute approximate surface area is 631 Å². The molecule has 0 bridgehead atoms. The molecule has 19 heteroatoms. The fourth-order valence-corrected chi connectivity index (χ4v) is 12.0. The second-order valence-corrected chi connectivity index (χ2v) is 29.5. The minimum absolute atomic E-state index is 0.0299. The molecule has 0 aliphatic carbocycles. The molecule has 0 saturated carbocycles. The largest absolute Gasteiger partial charge is 0.472 e. The van der Waals surface area contributed by atoms with Gasteiger partial charge in [0.2, 0.25) is 0 Å². The van der Waals surface area contributed by atoms with Crippen LogP contribution in [0.2, 0.25) is 0 Å². The lowest BCUT2D eigenvalue weighted by Crippen LogP contribution is -2.30. The maximum atomic E-state index is 13.1. The number of hydrogen-bond acceptors (Lipinski definition) is 15. The first-order valence-corrected chi connectivity index (χ1v) is 43.4. The molecule has 0 heterocycles. The third-order valence-electron chi connectivity index (χ3n) is 16.6. The molecule has 0 saturated heterocycles. The first-order valence-electron chi connectivity index (χ1n) is 40.4. The quantitative estimate of drug-likeness (QED) is 0.0169. The van der Waals surface area contributed by atoms with Crippen molar-refractivity contribution in [1.29, 1.82) is 0 Å². The zero-order chi connectivity index (χ0) is 76.0. The van der Waals surface area contributed by atoms with Crippen LogP contribution in [0.1, 0.15) is 323 Å². The van der Waals surface area contributed by atoms with E-state index in [1.165, 1.54) is 77.0 Å². The number of phosphoric acid groups is 2. The Bertz CT molecular complexity index is 2490. The highest BCUT2D eigenvalue weighted by molar-refractivity contribution is 7.47. The summed E-state index contributed by atoms with van der Waals surface area (Å²) in [5.74, 6) is -2.31. The lowest BCUT2D eigenvalue weighted by molar-refractivity contribution is -0.161. The molecule has 0 aliphatic heterocycles. The van der Waals surface area contributed by atoms with Gasteiger partial charge in [-0.1, -0.05) is 277 Å². The first kappa shape index (κ1) is 99.2. The topological polar surface area (TPSA) is 237 Å². The molecule has 0 radical (unpaired) electrons. The Morgan fingerprint density at radius 2 is 0.519 bits per heavy atom. The van der Waals surface area contributed by atoms with Crippen LogP contribution >= 0.6 is 15.6 Å². The lowest BCUT2D eigenvalue weighted by Gasteiger charge is -2.21. The monoisotopic (exact) mass is 1500 g/mol. The molecule has 2 unspecified atom stereocenters. The van der Waals surface area contributed by atoms with Gasteiger partial charge in [0.25, 0.3) is 0 Å². The van der Waals surface area contributed by atoms with Gasteiger partial charge >= 0.3 is 39.5 Å². The van der Waals surface area contributed by atoms with Gasteiger partial charge in [-0.2, -0.15) is 0 Å². The number of rotatable bonds is 75. The number of unbranched alkanes of at least 4 members (excludes halogenated alkanes) is 27. The van der Waals surface area contributed by atoms with Crippen molar-refractivity contribution in [3.8, 4) is 0 Å². The Morgan fingerprint density at radius 3 is 0.856 bits per heavy atom. The molecule has 5 atom stereocenters. The number of phosphoric ester groups is 2. The SMILES string of the molecule is CC/C=C\C/C=C\C/C=C\C/C=C\C/C=C\C/C=C\CCC(=O)OC[C@H](COP(=O)(O)OC[C@H](O)COP(=O)(O)OC[C@@H](COC(=O)CCCCCCC/C=C\C/C=C\CCCCC)OC(=O)CCCCCCC/C=C\CCCCCCCC)OC(=O)CCCCCCC/C=C\C/C=C\CCCCC. The fraction of sp³-hybridized carbons (Fsp3) is 0.694. The number of allylic oxidation sites excluding steroid dienone is 22. The summed E-state index contributed by atoms with van der Waals surface area (Å²) in [6.07, 6.45) is 85.8. The van der Waals surface area contributed by atoms with Gasteiger partial charge in [0, 0.05) is 25.7 Å². The van der Waals surface area contributed by atoms with Crippen molar-refractivity contribution in [1.82, 2.24) is 0 Å². The van der Waals surface area contributed by atoms with Crippen molar-refractivity contribution in [3.63, 3.8) is 0 Å². The third-order valence-corrected chi connectivity index (χ3v) is 18.5. The Balaban J connectivity index is 5.45. The van der Waals surface area contributed by atoms with Crippen molar-refractivity contribution in [2.24, 2.45) is 0 Å². The van der Waals surface area contributed by atoms with Crippen LogP contribution < -0.4 is 0 Å². The molecule has 0 aromatic rings. The van der Waals surface area contributed by atoms with Gasteiger partial charge in [-0.15, -0.1) is 0 Å². The molecule has 0 amide bonds. The molecule has 0 aromatic heterocycles. The second kappa shape index (κ2) is 76.4. The number of ether oxygens (including phenoxy) is 4. The lowest BCUT2D eigenvalue weighted by atomic mass is 10.1. The summed E-state index contributed by atoms with van der Waals surface area (Å²) >= 11 is 0. The van der Waals surface area contributed by atoms with Gasteiger partial charge in [-0.05, 0) is 154 Å². The zero-order valence-corrected chi connectivity index (χ0v) is 66.9. The number of hydrogen-bond donors (Lipinski definition) is 3. The molecule has 0 aromatic carbocycles. The average molecular weight is 1500 g/mol. The van der Waals surface area contributed by atoms with Gasteiger partial charge in [-0.25, -0.2) is 9.13 Å². The van der Waals surface area contributed by atoms with Crippen LogP contribution in [0.3, 0.4) is 0 Å². The first-order chi connectivity index (χ1) is 50.7. The van der Waals surface area contributed by atoms with E-state index in [9.17, 15) is 43.2 Å². The zero-order valence-electron chi connectivity index (χ0n) is 65.2. The highest BCUT2D eigenvalue weighted by Crippen LogP contribution is 2.45. The standard InChI is InChI=1S/C85H144O17P2/c1-5-9-13-17-21-25-29-33-37-38-39-40-44-46-50-54-58-62-66-70-83(88)96-76-81(102-85(90)72-68-64-60-56-52-48-43-36-32-28-24-20-16-12-8-4)78-100-104(93,94)98-74-79(86)73-97-103(91,92)99-77-80(101-84(89)71-67-63-59-55-51-47-42-35-31-27-23-19-15-11-7-3)75-95-82(87)69-65-61-57-53-49-45-41-34-30-26-22-18-14-10-6-2/h9,13,21-22,24-26,28,33-37,39-43,46,50,58,62,79-81,86H,5-8,10-12,14-20,23,27,29-32,38,44-45,47-49,51-57,59-61,63-78H2,1-4H3,(H,91,92)(H,93,94)/b13-9-,25-21-,26-22-,28-24-,37-33-,40-39-,41-34-,42-35-,43-36-,50-46-,62-58-/t79-,80-,81-/m1/s1. The van der Waals surface area contributed by atoms with E-state index < -0.39 is 97.5 Å². The van der Waals surface area contributed by atoms with Crippen molar-refractivity contribution in [3.05, 3.63) is 134 Å². The molecule has 0 spiro atoms. The van der Waals surface area contributed by atoms with Crippen LogP contribution in [-0.4, -0.2) is 96.7 Å². The molecular weight excluding hydrogens is 1350 g/mol. The molecule has 596 valence electrons. The number of carbonyl (C=O) groups excluding carboxylic acids is 4. The van der Waals surface area contributed by atoms with Crippen molar-refractivity contribution in [2.45, 2.75) is 341 Å². The van der Waals surface area contributed by atoms with Crippen LogP contribution in [0.5, 0.6) is 0 Å². The highest BCUT2D eigenvalue weighted by Gasteiger charge is 2.30. The van der Waals surface area contributed by atoms with E-state index in [1.807, 2.05) is 18.2 Å². The third kappa shape index (κ3) is 75.4. The Kier molecular flexibility index (Phi) is 72.9. The minimum Gasteiger partial charge on any atom is -0.462 e. The predicted octanol–water partition coefficient (Wildman–Crippen LogP) is 23.7. The van der Waals surface area contributed by atoms with Gasteiger partial charge < -0.3 is 33.8 Å². The predicted molar refractivity (Wildman–Crippen MR) is 427 cm³/mol. The minimum atomic E-state index is -5.00. The van der Waals surface area contributed by atoms with Gasteiger partial charge in [-0.3, -0.25) is 37.3 Å². The van der Waals surface area contributed by atoms with Crippen LogP contribution in [0.15, 0.2) is 134 Å². The molecule has 0 aliphatic rings. The van der Waals surface area contributed by atoms with E-state index in [1.54, 1.807) is 0 Å². The van der Waals surface area contributed by atoms with Crippen LogP contribution in [0.4, 0.5) is 0 Å². The van der Waals surface area contributed by atoms with Crippen LogP contribution in [0.25, 0.3) is 0 Å². The van der Waals surface area contributed by atoms with E-state index >= 15 is 0 Å². The normalized spacial score (nSPS) is 14.6. The maximum Gasteiger partial charge on any atom is 0.472 e. The van der Waals surface area contributed by atoms with Crippen molar-refractivity contribution >= 4 is 39.5 Å². The van der Waals surface area contributed by atoms with E-state index in [4.69, 9.17) is 37.0 Å². The molecule has 104 heavy (non-hydrogen) atoms. The van der Waals surface area contributed by atoms with E-state index in [0.717, 1.165) is 161 Å². The van der Waals surface area contributed by atoms with Gasteiger partial charge in [0.1, 0.15) is 19.3 Å². The summed E-state index contributed by atoms with van der Waals surface area (Å²) in [6.45, 7) is 4.59. The molecule has 0 rings (SSSR count). The summed E-state index contributed by atoms with van der Waals surface area (Å²) < 4.78 is 68.5. The van der Waals surface area contributed by atoms with Gasteiger partial charge in [0.05, 0.1) is 26.4 Å². The van der Waals surface area contributed by atoms with E-state index in [2.05, 4.69) is 143 Å². The summed E-state index contributed by atoms with van der Waals surface area (Å²) in [6, 6.07) is 0. The number of aliphatic hydroxyl groups is 1. The molecular formula is C85H144O17P2. The molecule has 17 nitrogen and oxygen atoms in total. The average Bonchev–Trinajstić information content (AvgIpc) is 0.918. The van der Waals surface area contributed by atoms with Crippen molar-refractivity contribution < 1.29 is 80.2 Å². The summed E-state index contributed by atoms with van der Waals surface area (Å²) in [5.41, 5.74) is 0. The highest BCUT2D eigenvalue weighted by atomic mass is 31.2. The van der Waals surface area contributed by atoms with Crippen LogP contribution in [0, 0.1) is 0 Å². The summed E-state index contributed by atoms with van der Waals surface area (Å²) in [4.78, 5) is 73.0. The maximum absolute atomic E-state index is 13.1. The van der Waals surface area contributed by atoms with Crippen LogP contribution in [-0.2, 0) is 65.4 Å². The number of carbonyl (C=O) groups is 4. The van der Waals surface area contributed by atoms with Crippen molar-refractivity contribution in [2.75, 3.05) is 39.6 Å². The second-order valence-electron chi connectivity index (χ2n) is 26.6. The smallest absolute Gasteiger partial charge is 0.462 e. The van der Waals surface area contributed by atoms with E-state index in [-0.39, 0.29) is 25.7 Å². The van der Waals surface area contributed by atoms with Gasteiger partial charge in [0.15, 0.2) is 12.2 Å². The Hall–Kier alpha value is -4.80. The molecule has 0 fully saturated rings. The number of esters is 4. The number of aliphatic hydroxyl groups excluding tert-OH is 1.